The highest BCUT2D eigenvalue weighted by molar-refractivity contribution is 7.10. The molecule has 0 saturated heterocycles. The van der Waals surface area contributed by atoms with Crippen LogP contribution in [0.3, 0.4) is 0 Å². The zero-order valence-corrected chi connectivity index (χ0v) is 10.0. The summed E-state index contributed by atoms with van der Waals surface area (Å²) in [7, 11) is 4.04. The van der Waals surface area contributed by atoms with E-state index in [4.69, 9.17) is 0 Å². The third kappa shape index (κ3) is 2.66. The monoisotopic (exact) mass is 211 g/mol. The van der Waals surface area contributed by atoms with Gasteiger partial charge in [-0.05, 0) is 45.0 Å². The highest BCUT2D eigenvalue weighted by atomic mass is 32.1. The third-order valence-electron chi connectivity index (χ3n) is 2.31. The van der Waals surface area contributed by atoms with Gasteiger partial charge in [-0.3, -0.25) is 4.79 Å². The van der Waals surface area contributed by atoms with Gasteiger partial charge in [0.05, 0.1) is 6.04 Å². The predicted octanol–water partition coefficient (Wildman–Crippen LogP) is 2.64. The van der Waals surface area contributed by atoms with E-state index in [1.807, 2.05) is 14.1 Å². The number of aryl methyl sites for hydroxylation is 1. The van der Waals surface area contributed by atoms with Gasteiger partial charge >= 0.3 is 0 Å². The Morgan fingerprint density at radius 3 is 2.57 bits per heavy atom. The van der Waals surface area contributed by atoms with Crippen molar-refractivity contribution in [3.63, 3.8) is 0 Å². The fraction of sp³-hybridized carbons (Fsp3) is 0.545. The summed E-state index contributed by atoms with van der Waals surface area (Å²) >= 11 is 1.73. The summed E-state index contributed by atoms with van der Waals surface area (Å²) in [6.45, 7) is 3.75. The first-order valence-electron chi connectivity index (χ1n) is 4.72. The lowest BCUT2D eigenvalue weighted by atomic mass is 10.1. The summed E-state index contributed by atoms with van der Waals surface area (Å²) < 4.78 is 0. The Balaban J connectivity index is 2.88. The van der Waals surface area contributed by atoms with E-state index < -0.39 is 0 Å². The molecule has 1 aromatic heterocycles. The van der Waals surface area contributed by atoms with Gasteiger partial charge in [0.1, 0.15) is 5.78 Å². The number of nitrogens with zero attached hydrogens (tertiary/aromatic N) is 1. The van der Waals surface area contributed by atoms with Gasteiger partial charge in [0.15, 0.2) is 0 Å². The quantitative estimate of drug-likeness (QED) is 0.763. The van der Waals surface area contributed by atoms with Crippen LogP contribution in [-0.4, -0.2) is 24.8 Å². The Morgan fingerprint density at radius 1 is 1.57 bits per heavy atom. The van der Waals surface area contributed by atoms with Gasteiger partial charge in [-0.25, -0.2) is 0 Å². The summed E-state index contributed by atoms with van der Waals surface area (Å²) in [4.78, 5) is 14.6. The zero-order chi connectivity index (χ0) is 10.7. The zero-order valence-electron chi connectivity index (χ0n) is 9.20. The molecule has 0 fully saturated rings. The van der Waals surface area contributed by atoms with Crippen LogP contribution in [0.1, 0.15) is 29.8 Å². The summed E-state index contributed by atoms with van der Waals surface area (Å²) in [6, 6.07) is 2.35. The number of ketones is 1. The molecular formula is C11H17NOS. The topological polar surface area (TPSA) is 20.3 Å². The van der Waals surface area contributed by atoms with Crippen molar-refractivity contribution in [3.8, 4) is 0 Å². The number of Topliss-reactive ketones (excluding diaryl/α,β-unsaturated/α-hetero) is 1. The average Bonchev–Trinajstić information content (AvgIpc) is 2.46. The number of thiophene rings is 1. The molecule has 0 aromatic carbocycles. The van der Waals surface area contributed by atoms with Crippen LogP contribution in [-0.2, 0) is 4.79 Å². The molecule has 0 bridgehead atoms. The average molecular weight is 211 g/mol. The molecule has 0 aliphatic carbocycles. The molecule has 1 unspecified atom stereocenters. The maximum Gasteiger partial charge on any atom is 0.131 e. The highest BCUT2D eigenvalue weighted by Crippen LogP contribution is 2.29. The standard InChI is InChI=1S/C11H17NOS/c1-8-5-6-14-11(8)10(12(3)4)7-9(2)13/h5-6,10H,7H2,1-4H3. The Kier molecular flexibility index (Phi) is 3.84. The smallest absolute Gasteiger partial charge is 0.131 e. The second-order valence-electron chi connectivity index (χ2n) is 3.85. The van der Waals surface area contributed by atoms with Gasteiger partial charge in [-0.1, -0.05) is 0 Å². The second-order valence-corrected chi connectivity index (χ2v) is 4.80. The molecule has 0 spiro atoms. The van der Waals surface area contributed by atoms with Crippen LogP contribution in [0.5, 0.6) is 0 Å². The fourth-order valence-corrected chi connectivity index (χ4v) is 2.63. The molecule has 1 rings (SSSR count). The molecule has 2 nitrogen and oxygen atoms in total. The van der Waals surface area contributed by atoms with Crippen LogP contribution in [0.15, 0.2) is 11.4 Å². The highest BCUT2D eigenvalue weighted by Gasteiger charge is 2.18. The fourth-order valence-electron chi connectivity index (χ4n) is 1.51. The number of carbonyl (C=O) groups excluding carboxylic acids is 1. The molecule has 0 aliphatic rings. The van der Waals surface area contributed by atoms with Crippen LogP contribution in [0, 0.1) is 6.92 Å². The predicted molar refractivity (Wildman–Crippen MR) is 60.8 cm³/mol. The summed E-state index contributed by atoms with van der Waals surface area (Å²) in [5.41, 5.74) is 1.29. The lowest BCUT2D eigenvalue weighted by Crippen LogP contribution is -2.21. The molecule has 3 heteroatoms. The lowest BCUT2D eigenvalue weighted by Gasteiger charge is -2.22. The van der Waals surface area contributed by atoms with E-state index in [9.17, 15) is 4.79 Å². The molecule has 1 heterocycles. The van der Waals surface area contributed by atoms with Crippen molar-refractivity contribution in [2.45, 2.75) is 26.3 Å². The minimum atomic E-state index is 0.243. The van der Waals surface area contributed by atoms with Gasteiger partial charge in [0.2, 0.25) is 0 Å². The van der Waals surface area contributed by atoms with Crippen molar-refractivity contribution in [2.24, 2.45) is 0 Å². The maximum absolute atomic E-state index is 11.1. The van der Waals surface area contributed by atoms with Crippen molar-refractivity contribution in [2.75, 3.05) is 14.1 Å². The van der Waals surface area contributed by atoms with Crippen LogP contribution in [0.4, 0.5) is 0 Å². The molecule has 0 N–H and O–H groups in total. The molecule has 1 aromatic rings. The normalized spacial score (nSPS) is 13.2. The van der Waals surface area contributed by atoms with E-state index in [0.717, 1.165) is 0 Å². The van der Waals surface area contributed by atoms with Gasteiger partial charge < -0.3 is 4.90 Å². The number of hydrogen-bond donors (Lipinski definition) is 0. The Hall–Kier alpha value is -0.670. The Labute approximate surface area is 89.5 Å². The minimum absolute atomic E-state index is 0.243. The Morgan fingerprint density at radius 2 is 2.21 bits per heavy atom. The van der Waals surface area contributed by atoms with Gasteiger partial charge in [0, 0.05) is 11.3 Å². The van der Waals surface area contributed by atoms with Crippen molar-refractivity contribution in [3.05, 3.63) is 21.9 Å². The third-order valence-corrected chi connectivity index (χ3v) is 3.43. The van der Waals surface area contributed by atoms with E-state index in [-0.39, 0.29) is 11.8 Å². The minimum Gasteiger partial charge on any atom is -0.301 e. The van der Waals surface area contributed by atoms with E-state index in [2.05, 4.69) is 23.3 Å². The largest absolute Gasteiger partial charge is 0.301 e. The van der Waals surface area contributed by atoms with Crippen LogP contribution >= 0.6 is 11.3 Å². The molecule has 0 amide bonds. The molecule has 1 atom stereocenters. The van der Waals surface area contributed by atoms with Gasteiger partial charge in [0.25, 0.3) is 0 Å². The van der Waals surface area contributed by atoms with E-state index in [0.29, 0.717) is 6.42 Å². The first-order valence-corrected chi connectivity index (χ1v) is 5.60. The van der Waals surface area contributed by atoms with Crippen LogP contribution in [0.2, 0.25) is 0 Å². The molecule has 0 radical (unpaired) electrons. The number of hydrogen-bond acceptors (Lipinski definition) is 3. The van der Waals surface area contributed by atoms with Crippen LogP contribution in [0.25, 0.3) is 0 Å². The van der Waals surface area contributed by atoms with Gasteiger partial charge in [-0.15, -0.1) is 11.3 Å². The second kappa shape index (κ2) is 4.71. The van der Waals surface area contributed by atoms with E-state index in [1.165, 1.54) is 10.4 Å². The molecule has 0 aliphatic heterocycles. The summed E-state index contributed by atoms with van der Waals surface area (Å²) in [5.74, 6) is 0.247. The van der Waals surface area contributed by atoms with Crippen molar-refractivity contribution >= 4 is 17.1 Å². The van der Waals surface area contributed by atoms with Gasteiger partial charge in [-0.2, -0.15) is 0 Å². The lowest BCUT2D eigenvalue weighted by molar-refractivity contribution is -0.118. The van der Waals surface area contributed by atoms with Crippen molar-refractivity contribution < 1.29 is 4.79 Å². The molecular weight excluding hydrogens is 194 g/mol. The SMILES string of the molecule is CC(=O)CC(c1sccc1C)N(C)C. The molecule has 78 valence electrons. The van der Waals surface area contributed by atoms with Crippen molar-refractivity contribution in [1.82, 2.24) is 4.90 Å². The summed E-state index contributed by atoms with van der Waals surface area (Å²) in [6.07, 6.45) is 0.606. The number of rotatable bonds is 4. The first kappa shape index (κ1) is 11.4. The molecule has 14 heavy (non-hydrogen) atoms. The van der Waals surface area contributed by atoms with Crippen molar-refractivity contribution in [1.29, 1.82) is 0 Å². The number of carbonyl (C=O) groups is 1. The summed E-state index contributed by atoms with van der Waals surface area (Å²) in [5, 5.41) is 2.08. The van der Waals surface area contributed by atoms with Crippen LogP contribution < -0.4 is 0 Å². The molecule has 0 saturated carbocycles. The van der Waals surface area contributed by atoms with E-state index in [1.54, 1.807) is 18.3 Å². The Bertz CT molecular complexity index is 317. The first-order chi connectivity index (χ1) is 6.52. The maximum atomic E-state index is 11.1. The van der Waals surface area contributed by atoms with E-state index >= 15 is 0 Å².